The maximum atomic E-state index is 13.5. The molecule has 0 spiro atoms. The Kier molecular flexibility index (Phi) is 25.7. The Morgan fingerprint density at radius 3 is 1.93 bits per heavy atom. The number of phenols is 1. The molecule has 0 saturated heterocycles. The van der Waals surface area contributed by atoms with Crippen LogP contribution >= 0.6 is 11.3 Å². The van der Waals surface area contributed by atoms with Crippen LogP contribution in [0.15, 0.2) is 83.3 Å². The van der Waals surface area contributed by atoms with E-state index in [4.69, 9.17) is 14.6 Å². The van der Waals surface area contributed by atoms with Gasteiger partial charge in [0.1, 0.15) is 29.7 Å². The second-order valence-corrected chi connectivity index (χ2v) is 22.2. The highest BCUT2D eigenvalue weighted by atomic mass is 32.2. The van der Waals surface area contributed by atoms with E-state index >= 15 is 0 Å². The predicted octanol–water partition coefficient (Wildman–Crippen LogP) is 3.06. The number of unbranched alkanes of at least 4 members (excludes halogenated alkanes) is 1. The molecule has 5 rings (SSSR count). The summed E-state index contributed by atoms with van der Waals surface area (Å²) < 4.78 is 48.2. The fraction of sp³-hybridized carbons (Fsp3) is 0.444. The first-order chi connectivity index (χ1) is 39.5. The summed E-state index contributed by atoms with van der Waals surface area (Å²) >= 11 is 0.613. The maximum absolute atomic E-state index is 13.5. The molecule has 26 nitrogen and oxygen atoms in total. The lowest BCUT2D eigenvalue weighted by atomic mass is 9.73. The number of ether oxygens (including phenoxy) is 2. The normalized spacial score (nSPS) is 13.2. The van der Waals surface area contributed by atoms with Crippen LogP contribution in [0, 0.1) is 12.7 Å². The lowest BCUT2D eigenvalue weighted by molar-refractivity contribution is -0.145. The smallest absolute Gasteiger partial charge is 0.326 e. The van der Waals surface area contributed by atoms with Crippen molar-refractivity contribution in [3.8, 4) is 5.75 Å². The number of phenolic OH excluding ortho intramolecular Hbond substituents is 1. The van der Waals surface area contributed by atoms with Gasteiger partial charge in [0.25, 0.3) is 10.0 Å². The third-order valence-corrected chi connectivity index (χ3v) is 15.1. The minimum atomic E-state index is -4.07. The van der Waals surface area contributed by atoms with Gasteiger partial charge in [0, 0.05) is 56.1 Å². The number of carboxylic acid groups (broad SMARTS) is 2. The van der Waals surface area contributed by atoms with Crippen LogP contribution in [0.25, 0.3) is 0 Å². The number of anilines is 1. The Hall–Kier alpha value is -8.12. The molecule has 0 bridgehead atoms. The van der Waals surface area contributed by atoms with E-state index in [0.717, 1.165) is 16.7 Å². The molecule has 83 heavy (non-hydrogen) atoms. The summed E-state index contributed by atoms with van der Waals surface area (Å²) in [6, 6.07) is 14.5. The number of nitrogens with two attached hydrogens (primary N) is 1. The Morgan fingerprint density at radius 2 is 1.31 bits per heavy atom. The summed E-state index contributed by atoms with van der Waals surface area (Å²) in [5, 5.41) is 62.4. The van der Waals surface area contributed by atoms with Gasteiger partial charge in [-0.3, -0.25) is 33.4 Å². The molecule has 448 valence electrons. The number of carbonyl (C=O) groups excluding carboxylic acids is 6. The number of nitrogens with zero attached hydrogens (tertiary/aromatic N) is 5. The number of ketones is 1. The number of nitrogens with one attached hydrogen (secondary N) is 5. The van der Waals surface area contributed by atoms with E-state index in [2.05, 4.69) is 47.1 Å². The van der Waals surface area contributed by atoms with Gasteiger partial charge in [-0.15, -0.1) is 15.3 Å². The standard InChI is InChI=1S/C54H68FN11O15S2/c1-34-11-15-36(16-12-34)54(2,37-17-21-40(67)22-18-37)24-23-46(70)59-42(50(74)75)31-48(72)60-43(51(76)77)32-47(71)58-41(49(73)57-25-28-81-30-29-80-27-6-9-44(68)35-13-19-38(55)20-14-35)8-3-4-26-66-33-39(62-65-66)7-5-10-45(69)61-52-63-64-53(82-52)83(56,78)79/h11-22,33,41-43,67H,3-10,23-32H2,1-2H3,(H,57,73)(H,58,71)(H,59,70)(H,60,72)(H,74,75)(H,76,77)(H2,56,78,79)(H,61,63,69)/t41-,42-,43-,54?/m0/s1. The van der Waals surface area contributed by atoms with Gasteiger partial charge in [0.05, 0.1) is 38.4 Å². The van der Waals surface area contributed by atoms with Crippen molar-refractivity contribution in [3.05, 3.63) is 113 Å². The molecule has 10 N–H and O–H groups in total. The molecular formula is C54H68FN11O15S2. The molecule has 0 fully saturated rings. The number of halogens is 1. The predicted molar refractivity (Wildman–Crippen MR) is 297 cm³/mol. The Balaban J connectivity index is 1.11. The molecule has 0 radical (unpaired) electrons. The third-order valence-electron chi connectivity index (χ3n) is 13.0. The largest absolute Gasteiger partial charge is 0.508 e. The number of sulfonamides is 1. The molecule has 0 aliphatic heterocycles. The van der Waals surface area contributed by atoms with Crippen molar-refractivity contribution in [3.63, 3.8) is 0 Å². The number of aryl methyl sites for hydroxylation is 3. The third kappa shape index (κ3) is 22.6. The Bertz CT molecular complexity index is 3060. The number of carbonyl (C=O) groups is 8. The van der Waals surface area contributed by atoms with Crippen molar-refractivity contribution in [1.82, 2.24) is 46.5 Å². The molecule has 0 aliphatic rings. The van der Waals surface area contributed by atoms with E-state index in [1.165, 1.54) is 36.4 Å². The van der Waals surface area contributed by atoms with Gasteiger partial charge >= 0.3 is 11.9 Å². The lowest BCUT2D eigenvalue weighted by Gasteiger charge is -2.31. The van der Waals surface area contributed by atoms with Gasteiger partial charge in [-0.2, -0.15) is 0 Å². The fourth-order valence-corrected chi connectivity index (χ4v) is 9.71. The van der Waals surface area contributed by atoms with E-state index < -0.39 is 98.0 Å². The van der Waals surface area contributed by atoms with E-state index in [1.807, 2.05) is 38.1 Å². The molecule has 1 unspecified atom stereocenters. The monoisotopic (exact) mass is 1190 g/mol. The molecule has 2 heterocycles. The number of hydrogen-bond donors (Lipinski definition) is 9. The molecule has 3 aromatic carbocycles. The first-order valence-corrected chi connectivity index (χ1v) is 28.8. The number of aromatic hydroxyl groups is 1. The van der Waals surface area contributed by atoms with Gasteiger partial charge in [-0.1, -0.05) is 65.4 Å². The Labute approximate surface area is 481 Å². The Morgan fingerprint density at radius 1 is 0.711 bits per heavy atom. The number of Topliss-reactive ketones (excluding diaryl/α,β-unsaturated/α-hetero) is 1. The summed E-state index contributed by atoms with van der Waals surface area (Å²) in [6.07, 6.45) is 2.15. The number of rotatable bonds is 37. The van der Waals surface area contributed by atoms with Crippen molar-refractivity contribution in [2.75, 3.05) is 38.3 Å². The van der Waals surface area contributed by atoms with Crippen LogP contribution in [0.2, 0.25) is 0 Å². The average Bonchev–Trinajstić information content (AvgIpc) is 4.13. The maximum Gasteiger partial charge on any atom is 0.326 e. The minimum absolute atomic E-state index is 0.00200. The van der Waals surface area contributed by atoms with E-state index in [-0.39, 0.29) is 81.7 Å². The number of amides is 5. The number of aliphatic carboxylic acids is 2. The van der Waals surface area contributed by atoms with Gasteiger partial charge in [0.2, 0.25) is 39.0 Å². The molecule has 4 atom stereocenters. The summed E-state index contributed by atoms with van der Waals surface area (Å²) in [4.78, 5) is 103. The topological polar surface area (TPSA) is 393 Å². The molecule has 5 amide bonds. The molecule has 0 aliphatic carbocycles. The van der Waals surface area contributed by atoms with Gasteiger partial charge in [-0.25, -0.2) is 27.5 Å². The number of carboxylic acids is 2. The van der Waals surface area contributed by atoms with Gasteiger partial charge < -0.3 is 51.4 Å². The van der Waals surface area contributed by atoms with Crippen LogP contribution in [0.1, 0.15) is 110 Å². The number of benzene rings is 3. The SMILES string of the molecule is Cc1ccc(C(C)(CCC(=O)N[C@@H](CC(=O)N[C@@H](CC(=O)N[C@@H](CCCCn2cc(CCCC(=O)Nc3nnc(S(N)(=O)=O)s3)nn2)C(=O)NCCOCCOCCCC(=O)c2ccc(F)cc2)C(=O)O)C(=O)O)c2ccc(O)cc2)cc1. The summed E-state index contributed by atoms with van der Waals surface area (Å²) in [5.74, 6) is -7.57. The van der Waals surface area contributed by atoms with Crippen molar-refractivity contribution in [2.45, 2.75) is 125 Å². The number of aromatic nitrogens is 5. The van der Waals surface area contributed by atoms with E-state index in [9.17, 15) is 66.5 Å². The number of primary sulfonamides is 1. The first kappa shape index (κ1) is 65.7. The van der Waals surface area contributed by atoms with Gasteiger partial charge in [-0.05, 0) is 99.4 Å². The zero-order valence-electron chi connectivity index (χ0n) is 45.7. The minimum Gasteiger partial charge on any atom is -0.508 e. The molecule has 29 heteroatoms. The second kappa shape index (κ2) is 32.5. The summed E-state index contributed by atoms with van der Waals surface area (Å²) in [7, 11) is -4.07. The average molecular weight is 1190 g/mol. The van der Waals surface area contributed by atoms with Crippen LogP contribution in [-0.4, -0.2) is 147 Å². The van der Waals surface area contributed by atoms with Crippen LogP contribution in [0.4, 0.5) is 9.52 Å². The van der Waals surface area contributed by atoms with E-state index in [0.29, 0.717) is 61.2 Å². The zero-order valence-corrected chi connectivity index (χ0v) is 47.3. The summed E-state index contributed by atoms with van der Waals surface area (Å²) in [6.45, 7) is 4.81. The quantitative estimate of drug-likeness (QED) is 0.0157. The summed E-state index contributed by atoms with van der Waals surface area (Å²) in [5.41, 5.74) is 2.85. The van der Waals surface area contributed by atoms with E-state index in [1.54, 1.807) is 23.0 Å². The van der Waals surface area contributed by atoms with Crippen molar-refractivity contribution >= 4 is 73.7 Å². The highest BCUT2D eigenvalue weighted by Crippen LogP contribution is 2.37. The molecule has 5 aromatic rings. The molecule has 0 saturated carbocycles. The second-order valence-electron chi connectivity index (χ2n) is 19.5. The molecule has 2 aromatic heterocycles. The number of hydrogen-bond acceptors (Lipinski definition) is 18. The van der Waals surface area contributed by atoms with Crippen LogP contribution in [0.5, 0.6) is 5.75 Å². The lowest BCUT2D eigenvalue weighted by Crippen LogP contribution is -2.51. The zero-order chi connectivity index (χ0) is 60.5. The van der Waals surface area contributed by atoms with Crippen LogP contribution in [-0.2, 0) is 71.4 Å². The van der Waals surface area contributed by atoms with Crippen molar-refractivity contribution < 1.29 is 76.0 Å². The highest BCUT2D eigenvalue weighted by Gasteiger charge is 2.33. The van der Waals surface area contributed by atoms with Crippen LogP contribution in [0.3, 0.4) is 0 Å². The fourth-order valence-electron chi connectivity index (χ4n) is 8.36. The van der Waals surface area contributed by atoms with Crippen molar-refractivity contribution in [1.29, 1.82) is 0 Å². The van der Waals surface area contributed by atoms with Crippen molar-refractivity contribution in [2.24, 2.45) is 5.14 Å². The molecular weight excluding hydrogens is 1130 g/mol. The van der Waals surface area contributed by atoms with Gasteiger partial charge in [0.15, 0.2) is 5.78 Å². The first-order valence-electron chi connectivity index (χ1n) is 26.5. The van der Waals surface area contributed by atoms with Crippen LogP contribution < -0.4 is 31.7 Å². The highest BCUT2D eigenvalue weighted by molar-refractivity contribution is 7.91.